The van der Waals surface area contributed by atoms with E-state index in [0.717, 1.165) is 36.8 Å². The fourth-order valence-electron chi connectivity index (χ4n) is 5.99. The summed E-state index contributed by atoms with van der Waals surface area (Å²) >= 11 is 4.09. The first kappa shape index (κ1) is 19.4. The Kier molecular flexibility index (Phi) is 4.76. The van der Waals surface area contributed by atoms with Crippen LogP contribution in [-0.4, -0.2) is 38.9 Å². The molecule has 2 saturated carbocycles. The molecule has 0 spiro atoms. The molecular formula is C21H27NO5S. The Morgan fingerprint density at radius 2 is 2.07 bits per heavy atom. The number of aromatic hydroxyl groups is 2. The van der Waals surface area contributed by atoms with Gasteiger partial charge in [-0.05, 0) is 67.1 Å². The number of anilines is 1. The Morgan fingerprint density at radius 1 is 1.32 bits per heavy atom. The molecule has 0 aromatic heterocycles. The molecule has 3 aliphatic rings. The smallest absolute Gasteiger partial charge is 0.326 e. The molecule has 7 heteroatoms. The van der Waals surface area contributed by atoms with Crippen molar-refractivity contribution in [3.63, 3.8) is 0 Å². The van der Waals surface area contributed by atoms with Gasteiger partial charge in [-0.2, -0.15) is 12.6 Å². The molecule has 3 aliphatic carbocycles. The number of fused-ring (bicyclic) bond motifs is 5. The van der Waals surface area contributed by atoms with E-state index < -0.39 is 12.0 Å². The van der Waals surface area contributed by atoms with Crippen LogP contribution in [0.4, 0.5) is 5.69 Å². The molecule has 2 fully saturated rings. The van der Waals surface area contributed by atoms with E-state index in [4.69, 9.17) is 0 Å². The molecule has 0 bridgehead atoms. The number of phenols is 2. The summed E-state index contributed by atoms with van der Waals surface area (Å²) in [7, 11) is 0. The number of carbonyl (C=O) groups is 2. The van der Waals surface area contributed by atoms with E-state index in [0.29, 0.717) is 36.1 Å². The zero-order chi connectivity index (χ0) is 20.2. The van der Waals surface area contributed by atoms with Crippen LogP contribution < -0.4 is 5.32 Å². The van der Waals surface area contributed by atoms with Crippen molar-refractivity contribution in [1.29, 1.82) is 0 Å². The van der Waals surface area contributed by atoms with Crippen molar-refractivity contribution in [2.75, 3.05) is 11.1 Å². The number of ketones is 1. The normalized spacial score (nSPS) is 32.2. The minimum atomic E-state index is -1.06. The number of hydrogen-bond donors (Lipinski definition) is 5. The molecule has 0 saturated heterocycles. The van der Waals surface area contributed by atoms with E-state index in [1.165, 1.54) is 0 Å². The maximum Gasteiger partial charge on any atom is 0.326 e. The van der Waals surface area contributed by atoms with Gasteiger partial charge in [0.2, 0.25) is 0 Å². The maximum atomic E-state index is 12.5. The van der Waals surface area contributed by atoms with Crippen molar-refractivity contribution in [1.82, 2.24) is 0 Å². The minimum absolute atomic E-state index is 0.0633. The Hall–Kier alpha value is -1.89. The number of rotatable bonds is 4. The summed E-state index contributed by atoms with van der Waals surface area (Å²) in [6, 6.07) is 0.683. The van der Waals surface area contributed by atoms with Crippen molar-refractivity contribution in [2.45, 2.75) is 57.4 Å². The van der Waals surface area contributed by atoms with E-state index in [1.807, 2.05) is 0 Å². The zero-order valence-electron chi connectivity index (χ0n) is 15.9. The van der Waals surface area contributed by atoms with Crippen LogP contribution in [0, 0.1) is 17.3 Å². The zero-order valence-corrected chi connectivity index (χ0v) is 16.8. The molecule has 1 aromatic rings. The number of nitrogens with one attached hydrogen (secondary N) is 1. The molecule has 28 heavy (non-hydrogen) atoms. The van der Waals surface area contributed by atoms with Crippen LogP contribution in [0.25, 0.3) is 0 Å². The molecule has 6 nitrogen and oxygen atoms in total. The fourth-order valence-corrected chi connectivity index (χ4v) is 6.24. The van der Waals surface area contributed by atoms with Crippen LogP contribution in [0.2, 0.25) is 0 Å². The van der Waals surface area contributed by atoms with E-state index in [1.54, 1.807) is 6.07 Å². The number of aliphatic carboxylic acids is 1. The van der Waals surface area contributed by atoms with E-state index in [-0.39, 0.29) is 28.6 Å². The first-order chi connectivity index (χ1) is 13.3. The highest BCUT2D eigenvalue weighted by Gasteiger charge is 2.54. The van der Waals surface area contributed by atoms with Crippen molar-refractivity contribution >= 4 is 30.1 Å². The summed E-state index contributed by atoms with van der Waals surface area (Å²) in [5.41, 5.74) is 1.96. The van der Waals surface area contributed by atoms with Gasteiger partial charge < -0.3 is 20.6 Å². The predicted molar refractivity (Wildman–Crippen MR) is 108 cm³/mol. The molecule has 0 aliphatic heterocycles. The number of phenolic OH excluding ortho intramolecular Hbond substituents is 2. The highest BCUT2D eigenvalue weighted by Crippen LogP contribution is 2.61. The Labute approximate surface area is 169 Å². The number of carboxylic acid groups (broad SMARTS) is 1. The number of carboxylic acids is 1. The maximum absolute atomic E-state index is 12.5. The fraction of sp³-hybridized carbons (Fsp3) is 0.619. The second-order valence-electron chi connectivity index (χ2n) is 8.74. The minimum Gasteiger partial charge on any atom is -0.504 e. The molecule has 0 amide bonds. The average molecular weight is 406 g/mol. The third kappa shape index (κ3) is 2.78. The van der Waals surface area contributed by atoms with Gasteiger partial charge in [-0.15, -0.1) is 0 Å². The highest BCUT2D eigenvalue weighted by molar-refractivity contribution is 7.80. The SMILES string of the molecule is C[C@]12CCC3c4cc(O)c(O)c(N[C@@H](CS)C(=O)O)c4CCC3C1CCC2=O. The van der Waals surface area contributed by atoms with Crippen LogP contribution in [0.3, 0.4) is 0 Å². The van der Waals surface area contributed by atoms with Gasteiger partial charge in [0, 0.05) is 17.6 Å². The first-order valence-electron chi connectivity index (χ1n) is 9.99. The molecule has 5 atom stereocenters. The van der Waals surface area contributed by atoms with Gasteiger partial charge >= 0.3 is 5.97 Å². The second-order valence-corrected chi connectivity index (χ2v) is 9.10. The summed E-state index contributed by atoms with van der Waals surface area (Å²) in [5, 5.41) is 33.0. The number of thiol groups is 1. The lowest BCUT2D eigenvalue weighted by Crippen LogP contribution is -2.42. The summed E-state index contributed by atoms with van der Waals surface area (Å²) in [6.07, 6.45) is 4.90. The number of benzene rings is 1. The number of carbonyl (C=O) groups excluding carboxylic acids is 1. The monoisotopic (exact) mass is 405 g/mol. The van der Waals surface area contributed by atoms with Crippen LogP contribution in [-0.2, 0) is 16.0 Å². The lowest BCUT2D eigenvalue weighted by Gasteiger charge is -2.48. The van der Waals surface area contributed by atoms with E-state index in [2.05, 4.69) is 24.9 Å². The standard InChI is InChI=1S/C21H27NO5S/c1-21-7-6-10-11(14(21)4-5-17(21)24)2-3-12-13(10)8-16(23)19(25)18(12)22-15(9-28)20(26)27/h8,10-11,14-15,22-23,25,28H,2-7,9H2,1H3,(H,26,27)/t10?,11?,14?,15-,21-/m0/s1. The number of hydrogen-bond acceptors (Lipinski definition) is 6. The lowest BCUT2D eigenvalue weighted by molar-refractivity contribution is -0.137. The lowest BCUT2D eigenvalue weighted by atomic mass is 9.55. The molecule has 152 valence electrons. The summed E-state index contributed by atoms with van der Waals surface area (Å²) < 4.78 is 0. The topological polar surface area (TPSA) is 107 Å². The second kappa shape index (κ2) is 6.87. The molecule has 0 radical (unpaired) electrons. The summed E-state index contributed by atoms with van der Waals surface area (Å²) in [5.74, 6) is -0.178. The van der Waals surface area contributed by atoms with Crippen molar-refractivity contribution in [3.05, 3.63) is 17.2 Å². The Morgan fingerprint density at radius 3 is 2.75 bits per heavy atom. The van der Waals surface area contributed by atoms with Gasteiger partial charge in [0.1, 0.15) is 11.8 Å². The van der Waals surface area contributed by atoms with Gasteiger partial charge in [0.25, 0.3) is 0 Å². The quantitative estimate of drug-likeness (QED) is 0.389. The van der Waals surface area contributed by atoms with Crippen molar-refractivity contribution in [3.8, 4) is 11.5 Å². The summed E-state index contributed by atoms with van der Waals surface area (Å²) in [6.45, 7) is 2.12. The predicted octanol–water partition coefficient (Wildman–Crippen LogP) is 3.32. The Bertz CT molecular complexity index is 841. The van der Waals surface area contributed by atoms with E-state index in [9.17, 15) is 24.9 Å². The molecule has 4 N–H and O–H groups in total. The molecule has 1 aromatic carbocycles. The van der Waals surface area contributed by atoms with Gasteiger partial charge in [0.05, 0.1) is 5.69 Å². The van der Waals surface area contributed by atoms with Gasteiger partial charge in [0.15, 0.2) is 11.5 Å². The van der Waals surface area contributed by atoms with Crippen LogP contribution in [0.15, 0.2) is 6.07 Å². The average Bonchev–Trinajstić information content (AvgIpc) is 2.97. The van der Waals surface area contributed by atoms with Gasteiger partial charge in [-0.1, -0.05) is 6.92 Å². The molecule has 4 rings (SSSR count). The largest absolute Gasteiger partial charge is 0.504 e. The van der Waals surface area contributed by atoms with Crippen LogP contribution in [0.1, 0.15) is 56.1 Å². The molecule has 3 unspecified atom stereocenters. The van der Waals surface area contributed by atoms with Gasteiger partial charge in [-0.25, -0.2) is 4.79 Å². The van der Waals surface area contributed by atoms with Crippen molar-refractivity contribution < 1.29 is 24.9 Å². The van der Waals surface area contributed by atoms with Gasteiger partial charge in [-0.3, -0.25) is 4.79 Å². The van der Waals surface area contributed by atoms with E-state index >= 15 is 0 Å². The highest BCUT2D eigenvalue weighted by atomic mass is 32.1. The molecular weight excluding hydrogens is 378 g/mol. The Balaban J connectivity index is 1.73. The van der Waals surface area contributed by atoms with Crippen molar-refractivity contribution in [2.24, 2.45) is 17.3 Å². The third-order valence-electron chi connectivity index (χ3n) is 7.49. The number of Topliss-reactive ketones (excluding diaryl/α,β-unsaturated/α-hetero) is 1. The summed E-state index contributed by atoms with van der Waals surface area (Å²) in [4.78, 5) is 23.9. The molecule has 0 heterocycles. The van der Waals surface area contributed by atoms with Crippen LogP contribution >= 0.6 is 12.6 Å². The first-order valence-corrected chi connectivity index (χ1v) is 10.6. The third-order valence-corrected chi connectivity index (χ3v) is 7.86. The van der Waals surface area contributed by atoms with Crippen LogP contribution in [0.5, 0.6) is 11.5 Å².